The predicted octanol–water partition coefficient (Wildman–Crippen LogP) is 2.92. The van der Waals surface area contributed by atoms with Crippen molar-refractivity contribution in [3.63, 3.8) is 0 Å². The van der Waals surface area contributed by atoms with E-state index in [1.807, 2.05) is 6.92 Å². The van der Waals surface area contributed by atoms with Crippen LogP contribution in [0.25, 0.3) is 5.65 Å². The second kappa shape index (κ2) is 3.25. The van der Waals surface area contributed by atoms with Crippen molar-refractivity contribution in [2.45, 2.75) is 19.5 Å². The minimum atomic E-state index is -4.31. The third-order valence-corrected chi connectivity index (χ3v) is 2.20. The second-order valence-electron chi connectivity index (χ2n) is 3.26. The molecule has 0 unspecified atom stereocenters. The number of hydrogen-bond donors (Lipinski definition) is 0. The molecule has 0 N–H and O–H groups in total. The molecule has 2 rings (SSSR count). The van der Waals surface area contributed by atoms with Gasteiger partial charge in [0, 0.05) is 12.4 Å². The van der Waals surface area contributed by atoms with Crippen LogP contribution in [0.4, 0.5) is 13.2 Å². The molecule has 0 aliphatic rings. The lowest BCUT2D eigenvalue weighted by Crippen LogP contribution is -2.05. The number of nitrogens with zero attached hydrogens (tertiary/aromatic N) is 2. The van der Waals surface area contributed by atoms with Gasteiger partial charge in [-0.1, -0.05) is 6.92 Å². The number of alkyl halides is 3. The number of fused-ring (bicyclic) bond motifs is 1. The van der Waals surface area contributed by atoms with E-state index in [-0.39, 0.29) is 0 Å². The summed E-state index contributed by atoms with van der Waals surface area (Å²) in [4.78, 5) is 4.07. The number of imidazole rings is 1. The van der Waals surface area contributed by atoms with E-state index in [0.717, 1.165) is 17.8 Å². The van der Waals surface area contributed by atoms with Crippen LogP contribution in [-0.2, 0) is 12.6 Å². The maximum atomic E-state index is 12.4. The van der Waals surface area contributed by atoms with Crippen LogP contribution in [0.2, 0.25) is 0 Å². The van der Waals surface area contributed by atoms with Gasteiger partial charge in [-0.05, 0) is 18.6 Å². The zero-order valence-corrected chi connectivity index (χ0v) is 8.04. The van der Waals surface area contributed by atoms with Crippen LogP contribution in [0.15, 0.2) is 24.5 Å². The number of halogens is 3. The Balaban J connectivity index is 2.55. The summed E-state index contributed by atoms with van der Waals surface area (Å²) in [6.45, 7) is 1.91. The highest BCUT2D eigenvalue weighted by atomic mass is 19.4. The largest absolute Gasteiger partial charge is 0.416 e. The molecule has 2 aromatic rings. The molecule has 0 spiro atoms. The maximum Gasteiger partial charge on any atom is 0.416 e. The molecule has 0 radical (unpaired) electrons. The number of hydrogen-bond acceptors (Lipinski definition) is 1. The molecule has 0 bridgehead atoms. The van der Waals surface area contributed by atoms with Gasteiger partial charge in [0.1, 0.15) is 5.65 Å². The Bertz CT molecular complexity index is 485. The molecule has 5 heteroatoms. The van der Waals surface area contributed by atoms with Crippen molar-refractivity contribution >= 4 is 5.65 Å². The Morgan fingerprint density at radius 1 is 1.40 bits per heavy atom. The van der Waals surface area contributed by atoms with Gasteiger partial charge in [-0.3, -0.25) is 0 Å². The first-order valence-corrected chi connectivity index (χ1v) is 4.55. The van der Waals surface area contributed by atoms with Gasteiger partial charge in [0.15, 0.2) is 0 Å². The van der Waals surface area contributed by atoms with E-state index in [2.05, 4.69) is 4.98 Å². The Labute approximate surface area is 84.4 Å². The molecule has 0 fully saturated rings. The van der Waals surface area contributed by atoms with Crippen molar-refractivity contribution < 1.29 is 13.2 Å². The van der Waals surface area contributed by atoms with Crippen molar-refractivity contribution in [1.29, 1.82) is 0 Å². The van der Waals surface area contributed by atoms with E-state index in [4.69, 9.17) is 0 Å². The molecule has 0 aliphatic carbocycles. The molecule has 0 amide bonds. The van der Waals surface area contributed by atoms with Crippen LogP contribution in [0.3, 0.4) is 0 Å². The van der Waals surface area contributed by atoms with Gasteiger partial charge in [-0.25, -0.2) is 4.98 Å². The molecular weight excluding hydrogens is 205 g/mol. The van der Waals surface area contributed by atoms with Gasteiger partial charge in [0.2, 0.25) is 0 Å². The summed E-state index contributed by atoms with van der Waals surface area (Å²) in [6, 6.07) is 2.10. The van der Waals surface area contributed by atoms with E-state index in [0.29, 0.717) is 12.1 Å². The van der Waals surface area contributed by atoms with Gasteiger partial charge in [0.25, 0.3) is 0 Å². The van der Waals surface area contributed by atoms with Crippen LogP contribution in [0.5, 0.6) is 0 Å². The highest BCUT2D eigenvalue weighted by molar-refractivity contribution is 5.43. The molecular formula is C10H9F3N2. The van der Waals surface area contributed by atoms with Gasteiger partial charge < -0.3 is 4.40 Å². The fourth-order valence-electron chi connectivity index (χ4n) is 1.38. The predicted molar refractivity (Wildman–Crippen MR) is 49.6 cm³/mol. The molecule has 0 atom stereocenters. The minimum Gasteiger partial charge on any atom is -0.307 e. The average Bonchev–Trinajstić information content (AvgIpc) is 2.57. The zero-order chi connectivity index (χ0) is 11.1. The third kappa shape index (κ3) is 1.82. The van der Waals surface area contributed by atoms with Crippen LogP contribution in [0.1, 0.15) is 18.2 Å². The number of rotatable bonds is 1. The Morgan fingerprint density at radius 2 is 2.13 bits per heavy atom. The number of pyridine rings is 1. The van der Waals surface area contributed by atoms with Gasteiger partial charge in [-0.15, -0.1) is 0 Å². The molecule has 15 heavy (non-hydrogen) atoms. The molecule has 80 valence electrons. The zero-order valence-electron chi connectivity index (χ0n) is 8.04. The van der Waals surface area contributed by atoms with Crippen LogP contribution >= 0.6 is 0 Å². The Kier molecular flexibility index (Phi) is 2.17. The molecule has 2 nitrogen and oxygen atoms in total. The fourth-order valence-corrected chi connectivity index (χ4v) is 1.38. The molecule has 2 heterocycles. The highest BCUT2D eigenvalue weighted by Crippen LogP contribution is 2.29. The summed E-state index contributed by atoms with van der Waals surface area (Å²) >= 11 is 0. The SMILES string of the molecule is CCc1cn2ccc(C(F)(F)F)cc2n1. The van der Waals surface area contributed by atoms with Gasteiger partial charge in [-0.2, -0.15) is 13.2 Å². The van der Waals surface area contributed by atoms with E-state index >= 15 is 0 Å². The van der Waals surface area contributed by atoms with Crippen molar-refractivity contribution in [3.05, 3.63) is 35.8 Å². The fraction of sp³-hybridized carbons (Fsp3) is 0.300. The average molecular weight is 214 g/mol. The summed E-state index contributed by atoms with van der Waals surface area (Å²) in [7, 11) is 0. The lowest BCUT2D eigenvalue weighted by molar-refractivity contribution is -0.137. The number of aromatic nitrogens is 2. The first-order valence-electron chi connectivity index (χ1n) is 4.55. The second-order valence-corrected chi connectivity index (χ2v) is 3.26. The summed E-state index contributed by atoms with van der Waals surface area (Å²) in [5, 5.41) is 0. The lowest BCUT2D eigenvalue weighted by atomic mass is 10.2. The summed E-state index contributed by atoms with van der Waals surface area (Å²) in [5.74, 6) is 0. The Hall–Kier alpha value is -1.52. The Morgan fingerprint density at radius 3 is 2.73 bits per heavy atom. The van der Waals surface area contributed by atoms with Gasteiger partial charge >= 0.3 is 6.18 Å². The smallest absolute Gasteiger partial charge is 0.307 e. The molecule has 0 aromatic carbocycles. The molecule has 0 saturated carbocycles. The highest BCUT2D eigenvalue weighted by Gasteiger charge is 2.30. The molecule has 0 saturated heterocycles. The van der Waals surface area contributed by atoms with Crippen LogP contribution < -0.4 is 0 Å². The minimum absolute atomic E-state index is 0.335. The van der Waals surface area contributed by atoms with Crippen molar-refractivity contribution in [3.8, 4) is 0 Å². The lowest BCUT2D eigenvalue weighted by Gasteiger charge is -2.05. The third-order valence-electron chi connectivity index (χ3n) is 2.20. The topological polar surface area (TPSA) is 17.3 Å². The quantitative estimate of drug-likeness (QED) is 0.713. The normalized spacial score (nSPS) is 12.3. The van der Waals surface area contributed by atoms with Crippen LogP contribution in [0, 0.1) is 0 Å². The monoisotopic (exact) mass is 214 g/mol. The molecule has 0 aliphatic heterocycles. The summed E-state index contributed by atoms with van der Waals surface area (Å²) < 4.78 is 38.7. The summed E-state index contributed by atoms with van der Waals surface area (Å²) in [6.07, 6.45) is -0.483. The standard InChI is InChI=1S/C10H9F3N2/c1-2-8-6-15-4-3-7(10(11,12)13)5-9(15)14-8/h3-6H,2H2,1H3. The maximum absolute atomic E-state index is 12.4. The van der Waals surface area contributed by atoms with Crippen molar-refractivity contribution in [1.82, 2.24) is 9.38 Å². The van der Waals surface area contributed by atoms with Crippen molar-refractivity contribution in [2.24, 2.45) is 0 Å². The van der Waals surface area contributed by atoms with Gasteiger partial charge in [0.05, 0.1) is 11.3 Å². The van der Waals surface area contributed by atoms with E-state index in [1.54, 1.807) is 10.6 Å². The first kappa shape index (κ1) is 10.0. The van der Waals surface area contributed by atoms with Crippen molar-refractivity contribution in [2.75, 3.05) is 0 Å². The van der Waals surface area contributed by atoms with E-state index in [1.165, 1.54) is 6.20 Å². The van der Waals surface area contributed by atoms with E-state index in [9.17, 15) is 13.2 Å². The first-order chi connectivity index (χ1) is 7.00. The number of aryl methyl sites for hydroxylation is 1. The van der Waals surface area contributed by atoms with Crippen LogP contribution in [-0.4, -0.2) is 9.38 Å². The van der Waals surface area contributed by atoms with E-state index < -0.39 is 11.7 Å². The molecule has 2 aromatic heterocycles. The summed E-state index contributed by atoms with van der Waals surface area (Å²) in [5.41, 5.74) is 0.458.